The molecule has 0 aromatic rings. The van der Waals surface area contributed by atoms with Crippen molar-refractivity contribution in [2.45, 2.75) is 232 Å². The lowest BCUT2D eigenvalue weighted by molar-refractivity contribution is -0.134. The number of carbonyl (C=O) groups is 2. The molecule has 0 saturated carbocycles. The monoisotopic (exact) mass is 651 g/mol. The van der Waals surface area contributed by atoms with Gasteiger partial charge in [-0.2, -0.15) is 0 Å². The van der Waals surface area contributed by atoms with Crippen molar-refractivity contribution in [2.24, 2.45) is 0 Å². The molecular weight excluding hydrogens is 573 g/mol. The van der Waals surface area contributed by atoms with Gasteiger partial charge >= 0.3 is 11.9 Å². The van der Waals surface area contributed by atoms with E-state index in [4.69, 9.17) is 0 Å². The quantitative estimate of drug-likeness (QED) is 0.0402. The smallest absolute Gasteiger partial charge is 0.328 e. The summed E-state index contributed by atoms with van der Waals surface area (Å²) in [6.45, 7) is 6.78. The highest BCUT2D eigenvalue weighted by Gasteiger charge is 2.39. The SMILES string of the molecule is CCCCCCCCCCCC[Si](CCCCCCCCCCCC)(CCCCCCCCCCCC)/C(=C\C(=O)O)C(=O)O. The van der Waals surface area contributed by atoms with Crippen LogP contribution in [0, 0.1) is 0 Å². The molecule has 0 aromatic carbocycles. The molecule has 0 aliphatic heterocycles. The van der Waals surface area contributed by atoms with Gasteiger partial charge in [0, 0.05) is 11.3 Å². The minimum absolute atomic E-state index is 0.303. The third-order valence-electron chi connectivity index (χ3n) is 10.1. The Morgan fingerprint density at radius 1 is 0.400 bits per heavy atom. The van der Waals surface area contributed by atoms with Crippen molar-refractivity contribution < 1.29 is 19.8 Å². The second-order valence-electron chi connectivity index (χ2n) is 14.3. The average molecular weight is 651 g/mol. The standard InChI is InChI=1S/C40H78O4Si/c1-4-7-10-13-16-19-22-25-28-31-34-45(38(40(43)44)37-39(41)42,35-32-29-26-23-20-17-14-11-8-5-2)36-33-30-27-24-21-18-15-12-9-6-3/h37H,4-36H2,1-3H3,(H,41,42)(H,43,44)/b38-37-. The Kier molecular flexibility index (Phi) is 32.0. The Balaban J connectivity index is 5.15. The van der Waals surface area contributed by atoms with Gasteiger partial charge < -0.3 is 10.2 Å². The molecule has 4 nitrogen and oxygen atoms in total. The lowest BCUT2D eigenvalue weighted by atomic mass is 10.1. The van der Waals surface area contributed by atoms with Gasteiger partial charge in [-0.3, -0.25) is 0 Å². The zero-order chi connectivity index (χ0) is 33.3. The van der Waals surface area contributed by atoms with Crippen LogP contribution >= 0.6 is 0 Å². The summed E-state index contributed by atoms with van der Waals surface area (Å²) in [4.78, 5) is 24.5. The summed E-state index contributed by atoms with van der Waals surface area (Å²) in [6, 6.07) is 2.84. The average Bonchev–Trinajstić information content (AvgIpc) is 3.02. The van der Waals surface area contributed by atoms with E-state index in [2.05, 4.69) is 20.8 Å². The van der Waals surface area contributed by atoms with Gasteiger partial charge in [0.1, 0.15) is 0 Å². The summed E-state index contributed by atoms with van der Waals surface area (Å²) in [6.07, 6.45) is 39.2. The van der Waals surface area contributed by atoms with Crippen LogP contribution < -0.4 is 0 Å². The Hall–Kier alpha value is -1.10. The van der Waals surface area contributed by atoms with Crippen molar-refractivity contribution in [3.63, 3.8) is 0 Å². The lowest BCUT2D eigenvalue weighted by Crippen LogP contribution is -2.41. The highest BCUT2D eigenvalue weighted by atomic mass is 28.3. The zero-order valence-corrected chi connectivity index (χ0v) is 31.6. The Morgan fingerprint density at radius 2 is 0.622 bits per heavy atom. The van der Waals surface area contributed by atoms with Crippen LogP contribution in [0.1, 0.15) is 213 Å². The number of carboxylic acids is 2. The number of hydrogen-bond acceptors (Lipinski definition) is 2. The molecule has 0 aromatic heterocycles. The maximum Gasteiger partial charge on any atom is 0.328 e. The molecule has 0 aliphatic rings. The molecule has 0 atom stereocenters. The minimum Gasteiger partial charge on any atom is -0.478 e. The van der Waals surface area contributed by atoms with Gasteiger partial charge in [-0.15, -0.1) is 0 Å². The Labute approximate surface area is 282 Å². The summed E-state index contributed by atoms with van der Waals surface area (Å²) in [5, 5.41) is 20.4. The van der Waals surface area contributed by atoms with E-state index in [1.807, 2.05) is 0 Å². The largest absolute Gasteiger partial charge is 0.478 e. The van der Waals surface area contributed by atoms with Gasteiger partial charge in [0.2, 0.25) is 0 Å². The number of unbranched alkanes of at least 4 members (excludes halogenated alkanes) is 27. The van der Waals surface area contributed by atoms with Crippen LogP contribution in [0.25, 0.3) is 0 Å². The van der Waals surface area contributed by atoms with Gasteiger partial charge in [0.15, 0.2) is 0 Å². The number of carboxylic acid groups (broad SMARTS) is 2. The van der Waals surface area contributed by atoms with E-state index in [1.165, 1.54) is 154 Å². The van der Waals surface area contributed by atoms with Gasteiger partial charge in [-0.25, -0.2) is 9.59 Å². The lowest BCUT2D eigenvalue weighted by Gasteiger charge is -2.33. The van der Waals surface area contributed by atoms with Crippen molar-refractivity contribution in [1.82, 2.24) is 0 Å². The molecule has 0 radical (unpaired) electrons. The van der Waals surface area contributed by atoms with Crippen molar-refractivity contribution >= 4 is 20.0 Å². The van der Waals surface area contributed by atoms with Crippen molar-refractivity contribution in [3.05, 3.63) is 11.3 Å². The van der Waals surface area contributed by atoms with E-state index in [1.54, 1.807) is 0 Å². The Bertz CT molecular complexity index is 645. The van der Waals surface area contributed by atoms with E-state index < -0.39 is 20.0 Å². The van der Waals surface area contributed by atoms with Crippen LogP contribution in [0.3, 0.4) is 0 Å². The van der Waals surface area contributed by atoms with E-state index in [0.717, 1.165) is 62.7 Å². The number of aliphatic carboxylic acids is 2. The highest BCUT2D eigenvalue weighted by Crippen LogP contribution is 2.36. The predicted octanol–water partition coefficient (Wildman–Crippen LogP) is 13.8. The first-order valence-corrected chi connectivity index (χ1v) is 22.7. The summed E-state index contributed by atoms with van der Waals surface area (Å²) in [5.74, 6) is -2.05. The summed E-state index contributed by atoms with van der Waals surface area (Å²) in [7, 11) is -2.44. The van der Waals surface area contributed by atoms with Crippen LogP contribution in [0.4, 0.5) is 0 Å². The van der Waals surface area contributed by atoms with E-state index in [0.29, 0.717) is 5.20 Å². The van der Waals surface area contributed by atoms with Crippen molar-refractivity contribution in [2.75, 3.05) is 0 Å². The van der Waals surface area contributed by atoms with Gasteiger partial charge in [0.05, 0.1) is 8.07 Å². The van der Waals surface area contributed by atoms with Gasteiger partial charge in [-0.05, 0) is 0 Å². The molecule has 0 unspecified atom stereocenters. The molecule has 0 fully saturated rings. The van der Waals surface area contributed by atoms with Gasteiger partial charge in [-0.1, -0.05) is 232 Å². The number of rotatable bonds is 36. The molecule has 266 valence electrons. The van der Waals surface area contributed by atoms with Crippen LogP contribution in [0.5, 0.6) is 0 Å². The topological polar surface area (TPSA) is 74.6 Å². The molecule has 0 heterocycles. The second-order valence-corrected chi connectivity index (χ2v) is 18.9. The molecule has 0 amide bonds. The first-order chi connectivity index (χ1) is 21.9. The van der Waals surface area contributed by atoms with Gasteiger partial charge in [0.25, 0.3) is 0 Å². The third kappa shape index (κ3) is 26.6. The first kappa shape index (κ1) is 43.9. The molecule has 0 bridgehead atoms. The molecule has 45 heavy (non-hydrogen) atoms. The van der Waals surface area contributed by atoms with E-state index >= 15 is 0 Å². The van der Waals surface area contributed by atoms with Crippen LogP contribution in [-0.4, -0.2) is 30.2 Å². The molecule has 0 aliphatic carbocycles. The minimum atomic E-state index is -2.44. The first-order valence-electron chi connectivity index (χ1n) is 20.1. The van der Waals surface area contributed by atoms with Crippen LogP contribution in [0.2, 0.25) is 18.1 Å². The fraction of sp³-hybridized carbons (Fsp3) is 0.900. The summed E-state index contributed by atoms with van der Waals surface area (Å²) in [5.41, 5.74) is 0. The molecule has 0 saturated heterocycles. The predicted molar refractivity (Wildman–Crippen MR) is 199 cm³/mol. The van der Waals surface area contributed by atoms with Crippen molar-refractivity contribution in [3.8, 4) is 0 Å². The van der Waals surface area contributed by atoms with E-state index in [-0.39, 0.29) is 0 Å². The maximum atomic E-state index is 12.6. The molecule has 5 heteroatoms. The summed E-state index contributed by atoms with van der Waals surface area (Å²) >= 11 is 0. The molecule has 0 spiro atoms. The summed E-state index contributed by atoms with van der Waals surface area (Å²) < 4.78 is 0. The van der Waals surface area contributed by atoms with E-state index in [9.17, 15) is 19.8 Å². The normalized spacial score (nSPS) is 12.2. The third-order valence-corrected chi connectivity index (χ3v) is 15.5. The Morgan fingerprint density at radius 3 is 0.822 bits per heavy atom. The van der Waals surface area contributed by atoms with Crippen LogP contribution in [0.15, 0.2) is 11.3 Å². The second kappa shape index (κ2) is 32.8. The maximum absolute atomic E-state index is 12.6. The number of hydrogen-bond donors (Lipinski definition) is 2. The fourth-order valence-corrected chi connectivity index (χ4v) is 12.4. The van der Waals surface area contributed by atoms with Crippen LogP contribution in [-0.2, 0) is 9.59 Å². The molecule has 2 N–H and O–H groups in total. The zero-order valence-electron chi connectivity index (χ0n) is 30.6. The molecule has 0 rings (SSSR count). The van der Waals surface area contributed by atoms with Crippen molar-refractivity contribution in [1.29, 1.82) is 0 Å². The molecular formula is C40H78O4Si. The highest BCUT2D eigenvalue weighted by molar-refractivity contribution is 6.90. The fourth-order valence-electron chi connectivity index (χ4n) is 7.20.